The molecular formula is C16H22N2O2. The topological polar surface area (TPSA) is 41.6 Å². The lowest BCUT2D eigenvalue weighted by Gasteiger charge is -2.32. The molecule has 1 amide bonds. The molecule has 2 aliphatic heterocycles. The summed E-state index contributed by atoms with van der Waals surface area (Å²) in [6.45, 7) is 5.79. The summed E-state index contributed by atoms with van der Waals surface area (Å²) >= 11 is 0. The molecule has 4 nitrogen and oxygen atoms in total. The number of ether oxygens (including phenoxy) is 1. The number of benzene rings is 1. The van der Waals surface area contributed by atoms with Gasteiger partial charge in [0.15, 0.2) is 0 Å². The predicted molar refractivity (Wildman–Crippen MR) is 77.6 cm³/mol. The molecule has 1 aromatic rings. The van der Waals surface area contributed by atoms with Crippen LogP contribution in [0, 0.1) is 5.41 Å². The third kappa shape index (κ3) is 2.29. The third-order valence-corrected chi connectivity index (χ3v) is 4.61. The molecule has 4 heteroatoms. The van der Waals surface area contributed by atoms with Crippen molar-refractivity contribution >= 4 is 5.91 Å². The highest BCUT2D eigenvalue weighted by molar-refractivity contribution is 5.83. The zero-order chi connectivity index (χ0) is 14.0. The number of amides is 1. The van der Waals surface area contributed by atoms with Crippen molar-refractivity contribution in [1.29, 1.82) is 0 Å². The first-order valence-corrected chi connectivity index (χ1v) is 7.46. The second-order valence-electron chi connectivity index (χ2n) is 5.74. The average Bonchev–Trinajstić information content (AvgIpc) is 2.87. The Hall–Kier alpha value is -1.55. The van der Waals surface area contributed by atoms with Crippen LogP contribution in [0.5, 0.6) is 5.75 Å². The largest absolute Gasteiger partial charge is 0.491 e. The number of para-hydroxylation sites is 1. The Morgan fingerprint density at radius 1 is 1.45 bits per heavy atom. The molecule has 0 aromatic heterocycles. The molecule has 2 aliphatic rings. The first kappa shape index (κ1) is 13.4. The highest BCUT2D eigenvalue weighted by atomic mass is 16.5. The standard InChI is InChI=1S/C16H22N2O2/c1-2-16(7-8-17-12-16)15(19)18-9-10-20-14-6-4-3-5-13(14)11-18/h3-6,17H,2,7-12H2,1H3. The maximum atomic E-state index is 12.9. The van der Waals surface area contributed by atoms with E-state index in [2.05, 4.69) is 12.2 Å². The van der Waals surface area contributed by atoms with Gasteiger partial charge in [-0.3, -0.25) is 4.79 Å². The van der Waals surface area contributed by atoms with Crippen LogP contribution < -0.4 is 10.1 Å². The first-order valence-electron chi connectivity index (χ1n) is 7.46. The fourth-order valence-electron chi connectivity index (χ4n) is 3.21. The normalized spacial score (nSPS) is 25.8. The van der Waals surface area contributed by atoms with Gasteiger partial charge in [-0.2, -0.15) is 0 Å². The Balaban J connectivity index is 1.82. The minimum Gasteiger partial charge on any atom is -0.491 e. The monoisotopic (exact) mass is 274 g/mol. The summed E-state index contributed by atoms with van der Waals surface area (Å²) < 4.78 is 5.75. The number of rotatable bonds is 2. The minimum atomic E-state index is -0.209. The number of hydrogen-bond donors (Lipinski definition) is 1. The Morgan fingerprint density at radius 3 is 3.05 bits per heavy atom. The Bertz CT molecular complexity index is 495. The zero-order valence-electron chi connectivity index (χ0n) is 12.0. The zero-order valence-corrected chi connectivity index (χ0v) is 12.0. The predicted octanol–water partition coefficient (Wildman–Crippen LogP) is 1.80. The van der Waals surface area contributed by atoms with E-state index in [1.807, 2.05) is 29.2 Å². The molecule has 0 spiro atoms. The lowest BCUT2D eigenvalue weighted by molar-refractivity contribution is -0.142. The summed E-state index contributed by atoms with van der Waals surface area (Å²) in [7, 11) is 0. The van der Waals surface area contributed by atoms with Gasteiger partial charge in [0, 0.05) is 18.7 Å². The fourth-order valence-corrected chi connectivity index (χ4v) is 3.21. The van der Waals surface area contributed by atoms with E-state index >= 15 is 0 Å². The van der Waals surface area contributed by atoms with Crippen molar-refractivity contribution in [3.8, 4) is 5.75 Å². The van der Waals surface area contributed by atoms with E-state index in [0.717, 1.165) is 37.2 Å². The van der Waals surface area contributed by atoms with Gasteiger partial charge in [-0.15, -0.1) is 0 Å². The van der Waals surface area contributed by atoms with Gasteiger partial charge in [0.05, 0.1) is 12.0 Å². The molecule has 1 atom stereocenters. The smallest absolute Gasteiger partial charge is 0.230 e. The van der Waals surface area contributed by atoms with Crippen LogP contribution in [0.3, 0.4) is 0 Å². The van der Waals surface area contributed by atoms with Crippen molar-refractivity contribution in [3.05, 3.63) is 29.8 Å². The van der Waals surface area contributed by atoms with Crippen LogP contribution in [0.15, 0.2) is 24.3 Å². The maximum absolute atomic E-state index is 12.9. The number of carbonyl (C=O) groups is 1. The highest BCUT2D eigenvalue weighted by Gasteiger charge is 2.42. The van der Waals surface area contributed by atoms with Crippen molar-refractivity contribution in [2.75, 3.05) is 26.2 Å². The molecule has 0 bridgehead atoms. The van der Waals surface area contributed by atoms with Crippen LogP contribution >= 0.6 is 0 Å². The van der Waals surface area contributed by atoms with E-state index in [-0.39, 0.29) is 11.3 Å². The van der Waals surface area contributed by atoms with E-state index in [1.54, 1.807) is 0 Å². The molecule has 3 rings (SSSR count). The second kappa shape index (κ2) is 5.44. The Kier molecular flexibility index (Phi) is 3.66. The van der Waals surface area contributed by atoms with Crippen LogP contribution in [0.1, 0.15) is 25.3 Å². The van der Waals surface area contributed by atoms with Crippen LogP contribution in [0.25, 0.3) is 0 Å². The third-order valence-electron chi connectivity index (χ3n) is 4.61. The summed E-state index contributed by atoms with van der Waals surface area (Å²) in [5.74, 6) is 1.20. The molecular weight excluding hydrogens is 252 g/mol. The molecule has 1 fully saturated rings. The van der Waals surface area contributed by atoms with Crippen LogP contribution in [-0.4, -0.2) is 37.0 Å². The molecule has 2 heterocycles. The minimum absolute atomic E-state index is 0.209. The average molecular weight is 274 g/mol. The van der Waals surface area contributed by atoms with Gasteiger partial charge in [0.2, 0.25) is 5.91 Å². The summed E-state index contributed by atoms with van der Waals surface area (Å²) in [6, 6.07) is 8.01. The quantitative estimate of drug-likeness (QED) is 0.894. The Morgan fingerprint density at radius 2 is 2.30 bits per heavy atom. The number of carbonyl (C=O) groups excluding carboxylic acids is 1. The summed E-state index contributed by atoms with van der Waals surface area (Å²) in [4.78, 5) is 14.9. The molecule has 108 valence electrons. The van der Waals surface area contributed by atoms with Gasteiger partial charge in [0.1, 0.15) is 12.4 Å². The molecule has 1 aromatic carbocycles. The van der Waals surface area contributed by atoms with Crippen molar-refractivity contribution in [3.63, 3.8) is 0 Å². The molecule has 20 heavy (non-hydrogen) atoms. The van der Waals surface area contributed by atoms with Crippen molar-refractivity contribution in [2.45, 2.75) is 26.3 Å². The van der Waals surface area contributed by atoms with Gasteiger partial charge in [-0.1, -0.05) is 25.1 Å². The van der Waals surface area contributed by atoms with Crippen LogP contribution in [-0.2, 0) is 11.3 Å². The van der Waals surface area contributed by atoms with E-state index in [0.29, 0.717) is 19.7 Å². The molecule has 0 saturated carbocycles. The van der Waals surface area contributed by atoms with Crippen molar-refractivity contribution in [2.24, 2.45) is 5.41 Å². The van der Waals surface area contributed by atoms with Crippen LogP contribution in [0.4, 0.5) is 0 Å². The molecule has 0 radical (unpaired) electrons. The van der Waals surface area contributed by atoms with Gasteiger partial charge < -0.3 is 15.0 Å². The van der Waals surface area contributed by atoms with Crippen molar-refractivity contribution in [1.82, 2.24) is 10.2 Å². The highest BCUT2D eigenvalue weighted by Crippen LogP contribution is 2.33. The summed E-state index contributed by atoms with van der Waals surface area (Å²) in [5.41, 5.74) is 0.898. The second-order valence-corrected chi connectivity index (χ2v) is 5.74. The van der Waals surface area contributed by atoms with E-state index in [1.165, 1.54) is 0 Å². The summed E-state index contributed by atoms with van der Waals surface area (Å²) in [6.07, 6.45) is 1.85. The molecule has 1 N–H and O–H groups in total. The van der Waals surface area contributed by atoms with Gasteiger partial charge >= 0.3 is 0 Å². The van der Waals surface area contributed by atoms with Gasteiger partial charge in [-0.25, -0.2) is 0 Å². The lowest BCUT2D eigenvalue weighted by atomic mass is 9.82. The Labute approximate surface area is 120 Å². The fraction of sp³-hybridized carbons (Fsp3) is 0.562. The number of fused-ring (bicyclic) bond motifs is 1. The van der Waals surface area contributed by atoms with Gasteiger partial charge in [0.25, 0.3) is 0 Å². The SMILES string of the molecule is CCC1(C(=O)N2CCOc3ccccc3C2)CCNC1. The number of hydrogen-bond acceptors (Lipinski definition) is 3. The summed E-state index contributed by atoms with van der Waals surface area (Å²) in [5, 5.41) is 3.34. The lowest BCUT2D eigenvalue weighted by Crippen LogP contribution is -2.45. The number of nitrogens with one attached hydrogen (secondary N) is 1. The van der Waals surface area contributed by atoms with Crippen LogP contribution in [0.2, 0.25) is 0 Å². The van der Waals surface area contributed by atoms with Gasteiger partial charge in [-0.05, 0) is 25.5 Å². The maximum Gasteiger partial charge on any atom is 0.230 e. The molecule has 1 saturated heterocycles. The number of nitrogens with zero attached hydrogens (tertiary/aromatic N) is 1. The first-order chi connectivity index (χ1) is 9.75. The van der Waals surface area contributed by atoms with E-state index < -0.39 is 0 Å². The van der Waals surface area contributed by atoms with E-state index in [9.17, 15) is 4.79 Å². The molecule has 0 aliphatic carbocycles. The molecule has 1 unspecified atom stereocenters. The van der Waals surface area contributed by atoms with Crippen molar-refractivity contribution < 1.29 is 9.53 Å². The van der Waals surface area contributed by atoms with E-state index in [4.69, 9.17) is 4.74 Å².